The quantitative estimate of drug-likeness (QED) is 0.735. The van der Waals surface area contributed by atoms with Crippen LogP contribution in [0.1, 0.15) is 44.2 Å². The Morgan fingerprint density at radius 3 is 2.21 bits per heavy atom. The zero-order chi connectivity index (χ0) is 14.2. The summed E-state index contributed by atoms with van der Waals surface area (Å²) in [6.45, 7) is 3.66. The van der Waals surface area contributed by atoms with Crippen LogP contribution in [0.5, 0.6) is 0 Å². The molecule has 0 radical (unpaired) electrons. The molecule has 1 nitrogen and oxygen atoms in total. The third kappa shape index (κ3) is 2.20. The Balaban J connectivity index is 2.78. The van der Waals surface area contributed by atoms with Crippen LogP contribution in [-0.4, -0.2) is 5.78 Å². The highest BCUT2D eigenvalue weighted by Gasteiger charge is 2.26. The van der Waals surface area contributed by atoms with Gasteiger partial charge >= 0.3 is 0 Å². The molecule has 0 aliphatic heterocycles. The van der Waals surface area contributed by atoms with E-state index in [1.165, 1.54) is 0 Å². The maximum Gasteiger partial charge on any atom is 0.194 e. The molecule has 1 aromatic carbocycles. The van der Waals surface area contributed by atoms with E-state index in [0.29, 0.717) is 29.6 Å². The highest BCUT2D eigenvalue weighted by molar-refractivity contribution is 6.04. The summed E-state index contributed by atoms with van der Waals surface area (Å²) in [5.41, 5.74) is 1.71. The summed E-state index contributed by atoms with van der Waals surface area (Å²) in [4.78, 5) is 12.0. The summed E-state index contributed by atoms with van der Waals surface area (Å²) in [5, 5.41) is 0. The van der Waals surface area contributed by atoms with Gasteiger partial charge in [-0.25, -0.2) is 13.2 Å². The van der Waals surface area contributed by atoms with Crippen LogP contribution < -0.4 is 0 Å². The van der Waals surface area contributed by atoms with Crippen molar-refractivity contribution in [3.05, 3.63) is 40.2 Å². The van der Waals surface area contributed by atoms with Crippen molar-refractivity contribution in [1.29, 1.82) is 0 Å². The molecule has 1 aromatic rings. The van der Waals surface area contributed by atoms with Gasteiger partial charge in [-0.1, -0.05) is 13.8 Å². The summed E-state index contributed by atoms with van der Waals surface area (Å²) in [6, 6.07) is 1.01. The maximum atomic E-state index is 13.8. The fourth-order valence-electron chi connectivity index (χ4n) is 2.68. The van der Waals surface area contributed by atoms with Crippen LogP contribution in [0.25, 0.3) is 5.57 Å². The molecule has 102 valence electrons. The second kappa shape index (κ2) is 5.19. The number of hydrogen-bond donors (Lipinski definition) is 0. The summed E-state index contributed by atoms with van der Waals surface area (Å²) >= 11 is 0. The number of fused-ring (bicyclic) bond motifs is 1. The molecular formula is C15H15F3O. The first-order chi connectivity index (χ1) is 9.01. The van der Waals surface area contributed by atoms with Gasteiger partial charge in [0.2, 0.25) is 0 Å². The molecule has 2 rings (SSSR count). The molecule has 0 unspecified atom stereocenters. The van der Waals surface area contributed by atoms with Gasteiger partial charge in [0.05, 0.1) is 0 Å². The van der Waals surface area contributed by atoms with Crippen molar-refractivity contribution in [1.82, 2.24) is 0 Å². The molecule has 0 aromatic heterocycles. The largest absolute Gasteiger partial charge is 0.295 e. The van der Waals surface area contributed by atoms with Gasteiger partial charge in [0.25, 0.3) is 0 Å². The molecule has 0 spiro atoms. The van der Waals surface area contributed by atoms with Crippen LogP contribution in [0.4, 0.5) is 13.2 Å². The highest BCUT2D eigenvalue weighted by Crippen LogP contribution is 2.35. The molecule has 0 N–H and O–H groups in total. The molecule has 4 heteroatoms. The summed E-state index contributed by atoms with van der Waals surface area (Å²) < 4.78 is 40.6. The maximum absolute atomic E-state index is 13.8. The Morgan fingerprint density at radius 1 is 1.00 bits per heavy atom. The zero-order valence-electron chi connectivity index (χ0n) is 10.9. The number of Topliss-reactive ketones (excluding diaryl/α,β-unsaturated/α-hetero) is 1. The first-order valence-corrected chi connectivity index (χ1v) is 6.43. The van der Waals surface area contributed by atoms with E-state index >= 15 is 0 Å². The van der Waals surface area contributed by atoms with Crippen molar-refractivity contribution < 1.29 is 18.0 Å². The fourth-order valence-corrected chi connectivity index (χ4v) is 2.68. The third-order valence-corrected chi connectivity index (χ3v) is 3.60. The Morgan fingerprint density at radius 2 is 1.63 bits per heavy atom. The molecule has 1 aliphatic rings. The molecular weight excluding hydrogens is 253 g/mol. The Hall–Kier alpha value is -1.58. The second-order valence-electron chi connectivity index (χ2n) is 4.60. The molecule has 0 amide bonds. The normalized spacial score (nSPS) is 15.5. The van der Waals surface area contributed by atoms with E-state index in [0.717, 1.165) is 6.07 Å². The van der Waals surface area contributed by atoms with Crippen LogP contribution in [0, 0.1) is 17.5 Å². The van der Waals surface area contributed by atoms with Gasteiger partial charge in [0.15, 0.2) is 23.2 Å². The van der Waals surface area contributed by atoms with E-state index in [2.05, 4.69) is 0 Å². The lowest BCUT2D eigenvalue weighted by Crippen LogP contribution is -2.03. The number of rotatable bonds is 2. The Labute approximate surface area is 110 Å². The van der Waals surface area contributed by atoms with Crippen LogP contribution in [0.2, 0.25) is 0 Å². The van der Waals surface area contributed by atoms with Crippen LogP contribution in [0.15, 0.2) is 11.6 Å². The van der Waals surface area contributed by atoms with Gasteiger partial charge in [-0.15, -0.1) is 0 Å². The first-order valence-electron chi connectivity index (χ1n) is 6.43. The van der Waals surface area contributed by atoms with Crippen molar-refractivity contribution >= 4 is 11.4 Å². The average Bonchev–Trinajstić information content (AvgIpc) is 2.53. The predicted molar refractivity (Wildman–Crippen MR) is 67.1 cm³/mol. The number of allylic oxidation sites excluding steroid dienone is 2. The number of benzene rings is 1. The zero-order valence-corrected chi connectivity index (χ0v) is 10.9. The van der Waals surface area contributed by atoms with Crippen molar-refractivity contribution in [3.63, 3.8) is 0 Å². The van der Waals surface area contributed by atoms with Crippen molar-refractivity contribution in [3.8, 4) is 0 Å². The number of carbonyl (C=O) groups excluding carboxylic acids is 1. The Bertz CT molecular complexity index is 573. The molecule has 0 atom stereocenters. The highest BCUT2D eigenvalue weighted by atomic mass is 19.2. The van der Waals surface area contributed by atoms with Gasteiger partial charge in [0, 0.05) is 6.42 Å². The van der Waals surface area contributed by atoms with Crippen LogP contribution in [0.3, 0.4) is 0 Å². The second-order valence-corrected chi connectivity index (χ2v) is 4.60. The number of halogens is 3. The van der Waals surface area contributed by atoms with Crippen molar-refractivity contribution in [2.75, 3.05) is 0 Å². The van der Waals surface area contributed by atoms with E-state index in [-0.39, 0.29) is 24.2 Å². The smallest absolute Gasteiger partial charge is 0.194 e. The van der Waals surface area contributed by atoms with Crippen molar-refractivity contribution in [2.24, 2.45) is 0 Å². The summed E-state index contributed by atoms with van der Waals surface area (Å²) in [5.74, 6) is -3.88. The van der Waals surface area contributed by atoms with E-state index in [9.17, 15) is 18.0 Å². The van der Waals surface area contributed by atoms with Gasteiger partial charge in [-0.3, -0.25) is 4.79 Å². The average molecular weight is 268 g/mol. The van der Waals surface area contributed by atoms with Crippen LogP contribution in [-0.2, 0) is 11.2 Å². The monoisotopic (exact) mass is 268 g/mol. The molecule has 0 heterocycles. The minimum atomic E-state index is -1.46. The van der Waals surface area contributed by atoms with E-state index in [1.54, 1.807) is 0 Å². The lowest BCUT2D eigenvalue weighted by molar-refractivity contribution is -0.115. The molecule has 1 aliphatic carbocycles. The van der Waals surface area contributed by atoms with Gasteiger partial charge < -0.3 is 0 Å². The SMILES string of the molecule is CCC1=C(CC)c2cc(F)c(F)c(F)c2CCC1=O. The lowest BCUT2D eigenvalue weighted by Gasteiger charge is -2.13. The van der Waals surface area contributed by atoms with Crippen LogP contribution >= 0.6 is 0 Å². The first kappa shape index (κ1) is 13.8. The molecule has 0 bridgehead atoms. The number of ketones is 1. The van der Waals surface area contributed by atoms with Crippen molar-refractivity contribution in [2.45, 2.75) is 39.5 Å². The van der Waals surface area contributed by atoms with E-state index in [1.807, 2.05) is 13.8 Å². The van der Waals surface area contributed by atoms with E-state index in [4.69, 9.17) is 0 Å². The molecule has 0 saturated carbocycles. The number of carbonyl (C=O) groups is 1. The van der Waals surface area contributed by atoms with Gasteiger partial charge in [-0.2, -0.15) is 0 Å². The minimum absolute atomic E-state index is 0.0595. The van der Waals surface area contributed by atoms with Gasteiger partial charge in [0.1, 0.15) is 0 Å². The minimum Gasteiger partial charge on any atom is -0.295 e. The lowest BCUT2D eigenvalue weighted by atomic mass is 9.93. The van der Waals surface area contributed by atoms with Gasteiger partial charge in [-0.05, 0) is 47.6 Å². The molecule has 0 fully saturated rings. The Kier molecular flexibility index (Phi) is 3.78. The fraction of sp³-hybridized carbons (Fsp3) is 0.400. The molecule has 19 heavy (non-hydrogen) atoms. The summed E-state index contributed by atoms with van der Waals surface area (Å²) in [6.07, 6.45) is 1.26. The third-order valence-electron chi connectivity index (χ3n) is 3.60. The predicted octanol–water partition coefficient (Wildman–Crippen LogP) is 4.19. The molecule has 0 saturated heterocycles. The van der Waals surface area contributed by atoms with E-state index < -0.39 is 17.5 Å². The summed E-state index contributed by atoms with van der Waals surface area (Å²) in [7, 11) is 0. The standard InChI is InChI=1S/C15H15F3O/c1-3-8-9(4-2)13(19)6-5-10-11(8)7-12(16)15(18)14(10)17/h7H,3-6H2,1-2H3. The topological polar surface area (TPSA) is 17.1 Å². The number of hydrogen-bond acceptors (Lipinski definition) is 1.